The van der Waals surface area contributed by atoms with E-state index >= 15 is 0 Å². The Balaban J connectivity index is 2.51. The normalized spacial score (nSPS) is 18.3. The van der Waals surface area contributed by atoms with Crippen molar-refractivity contribution in [3.05, 3.63) is 109 Å². The van der Waals surface area contributed by atoms with Crippen LogP contribution in [0.25, 0.3) is 0 Å². The second kappa shape index (κ2) is 35.7. The van der Waals surface area contributed by atoms with Gasteiger partial charge in [0.2, 0.25) is 0 Å². The molecule has 0 saturated heterocycles. The van der Waals surface area contributed by atoms with Gasteiger partial charge < -0.3 is 33.0 Å². The van der Waals surface area contributed by atoms with Crippen molar-refractivity contribution < 1.29 is 52.0 Å². The summed E-state index contributed by atoms with van der Waals surface area (Å²) in [5.74, 6) is -1.33. The zero-order chi connectivity index (χ0) is 45.7. The van der Waals surface area contributed by atoms with Crippen LogP contribution in [0.1, 0.15) is 117 Å². The molecule has 5 atom stereocenters. The molecule has 0 aromatic rings. The largest absolute Gasteiger partial charge is 0.756 e. The van der Waals surface area contributed by atoms with Gasteiger partial charge >= 0.3 is 11.9 Å². The Bertz CT molecular complexity index is 1560. The summed E-state index contributed by atoms with van der Waals surface area (Å²) in [6.45, 7) is 3.66. The van der Waals surface area contributed by atoms with Crippen molar-refractivity contribution in [2.45, 2.75) is 129 Å². The second-order valence-electron chi connectivity index (χ2n) is 16.3. The molecule has 1 unspecified atom stereocenters. The van der Waals surface area contributed by atoms with Crippen molar-refractivity contribution in [3.63, 3.8) is 0 Å². The molecule has 0 spiro atoms. The van der Waals surface area contributed by atoms with Gasteiger partial charge in [-0.25, -0.2) is 0 Å². The number of nitrogens with zero attached hydrogens (tertiary/aromatic N) is 1. The number of likely N-dealkylation sites (N-methyl/N-ethyl adjacent to an activating group) is 1. The lowest BCUT2D eigenvalue weighted by molar-refractivity contribution is -0.870. The zero-order valence-electron chi connectivity index (χ0n) is 38.4. The van der Waals surface area contributed by atoms with Crippen LogP contribution in [0.4, 0.5) is 0 Å². The van der Waals surface area contributed by atoms with Crippen LogP contribution in [-0.4, -0.2) is 87.0 Å². The molecule has 0 amide bonds. The van der Waals surface area contributed by atoms with Crippen LogP contribution in [0.15, 0.2) is 109 Å². The first kappa shape index (κ1) is 56.3. The molecule has 1 aliphatic carbocycles. The van der Waals surface area contributed by atoms with Crippen molar-refractivity contribution >= 4 is 25.5 Å². The quantitative estimate of drug-likeness (QED) is 0.0212. The van der Waals surface area contributed by atoms with Gasteiger partial charge in [0.25, 0.3) is 7.82 Å². The highest BCUT2D eigenvalue weighted by Crippen LogP contribution is 2.38. The van der Waals surface area contributed by atoms with Crippen molar-refractivity contribution in [3.8, 4) is 0 Å². The average Bonchev–Trinajstić information content (AvgIpc) is 3.57. The molecule has 0 heterocycles. The highest BCUT2D eigenvalue weighted by atomic mass is 31.2. The van der Waals surface area contributed by atoms with E-state index in [4.69, 9.17) is 18.5 Å². The zero-order valence-corrected chi connectivity index (χ0v) is 39.3. The third kappa shape index (κ3) is 32.9. The van der Waals surface area contributed by atoms with Gasteiger partial charge in [0.05, 0.1) is 33.9 Å². The van der Waals surface area contributed by atoms with E-state index in [1.807, 2.05) is 57.6 Å². The molecule has 0 bridgehead atoms. The van der Waals surface area contributed by atoms with Gasteiger partial charge in [-0.2, -0.15) is 0 Å². The molecule has 0 aromatic carbocycles. The Morgan fingerprint density at radius 2 is 1.37 bits per heavy atom. The number of aliphatic hydroxyl groups is 1. The summed E-state index contributed by atoms with van der Waals surface area (Å²) in [6, 6.07) is 0. The number of hydrogen-bond donors (Lipinski definition) is 1. The molecule has 1 N–H and O–H groups in total. The number of quaternary nitrogens is 1. The lowest BCUT2D eigenvalue weighted by Crippen LogP contribution is -2.37. The lowest BCUT2D eigenvalue weighted by atomic mass is 9.90. The van der Waals surface area contributed by atoms with Crippen LogP contribution in [0.3, 0.4) is 0 Å². The van der Waals surface area contributed by atoms with Crippen LogP contribution in [0.2, 0.25) is 0 Å². The van der Waals surface area contributed by atoms with Gasteiger partial charge in [-0.3, -0.25) is 18.9 Å². The fourth-order valence-electron chi connectivity index (χ4n) is 5.90. The second-order valence-corrected chi connectivity index (χ2v) is 17.7. The first-order valence-electron chi connectivity index (χ1n) is 22.6. The maximum absolute atomic E-state index is 12.7. The van der Waals surface area contributed by atoms with Crippen LogP contribution < -0.4 is 4.89 Å². The standard InChI is InChI=1S/C50H78NO10P/c1-6-8-10-11-12-13-14-15-16-17-18-19-20-21-22-23-24-25-31-35-50(55)61-46(43-60-62(56,57)59-41-40-51(3,4)5)42-58-49(54)34-30-27-26-29-32-44-36-39-48(53)47(44)38-37-45(52)33-28-9-7-2/h8,10,12-13,15-16,18-19,21-22,24-26,29,36-39,44-47,52H,6-7,9,11,14,17,20,23,27-28,30-35,40-43H2,1-5H3/b10-8-,13-12-,16-15-,19-18-,22-21-,25-24-,29-26-,38-37+/t44-,45-,46+,47+/m0/s1. The van der Waals surface area contributed by atoms with Gasteiger partial charge in [0.1, 0.15) is 19.8 Å². The van der Waals surface area contributed by atoms with E-state index in [1.165, 1.54) is 0 Å². The predicted octanol–water partition coefficient (Wildman–Crippen LogP) is 10.1. The summed E-state index contributed by atoms with van der Waals surface area (Å²) in [5, 5.41) is 10.2. The minimum absolute atomic E-state index is 0.0165. The molecule has 1 aliphatic rings. The van der Waals surface area contributed by atoms with Gasteiger partial charge in [-0.15, -0.1) is 0 Å². The van der Waals surface area contributed by atoms with E-state index in [9.17, 15) is 28.9 Å². The van der Waals surface area contributed by atoms with Crippen LogP contribution in [0, 0.1) is 11.8 Å². The van der Waals surface area contributed by atoms with Crippen molar-refractivity contribution in [2.24, 2.45) is 11.8 Å². The molecule has 11 nitrogen and oxygen atoms in total. The highest BCUT2D eigenvalue weighted by molar-refractivity contribution is 7.45. The topological polar surface area (TPSA) is 148 Å². The molecule has 1 rings (SSSR count). The number of phosphoric ester groups is 1. The Hall–Kier alpha value is -3.70. The van der Waals surface area contributed by atoms with E-state index in [0.717, 1.165) is 57.8 Å². The average molecular weight is 884 g/mol. The van der Waals surface area contributed by atoms with Crippen molar-refractivity contribution in [1.29, 1.82) is 0 Å². The lowest BCUT2D eigenvalue weighted by Gasteiger charge is -2.28. The van der Waals surface area contributed by atoms with Gasteiger partial charge in [-0.1, -0.05) is 136 Å². The summed E-state index contributed by atoms with van der Waals surface area (Å²) in [5.41, 5.74) is 0. The van der Waals surface area contributed by atoms with Gasteiger partial charge in [0.15, 0.2) is 11.9 Å². The number of rotatable bonds is 36. The Morgan fingerprint density at radius 1 is 0.774 bits per heavy atom. The number of ketones is 1. The molecule has 12 heteroatoms. The number of phosphoric acid groups is 1. The van der Waals surface area contributed by atoms with Crippen LogP contribution >= 0.6 is 7.82 Å². The molecule has 0 radical (unpaired) electrons. The third-order valence-electron chi connectivity index (χ3n) is 9.54. The fourth-order valence-corrected chi connectivity index (χ4v) is 6.63. The van der Waals surface area contributed by atoms with E-state index in [2.05, 4.69) is 74.6 Å². The van der Waals surface area contributed by atoms with E-state index in [0.29, 0.717) is 43.1 Å². The first-order valence-corrected chi connectivity index (χ1v) is 24.1. The Morgan fingerprint density at radius 3 is 1.97 bits per heavy atom. The molecule has 0 aliphatic heterocycles. The van der Waals surface area contributed by atoms with Crippen molar-refractivity contribution in [1.82, 2.24) is 0 Å². The summed E-state index contributed by atoms with van der Waals surface area (Å²) < 4.78 is 33.8. The van der Waals surface area contributed by atoms with E-state index in [-0.39, 0.29) is 43.7 Å². The van der Waals surface area contributed by atoms with E-state index in [1.54, 1.807) is 12.2 Å². The third-order valence-corrected chi connectivity index (χ3v) is 10.5. The Kier molecular flexibility index (Phi) is 32.5. The number of unbranched alkanes of at least 4 members (excludes halogenated alkanes) is 3. The molecule has 348 valence electrons. The minimum atomic E-state index is -4.70. The Labute approximate surface area is 373 Å². The summed E-state index contributed by atoms with van der Waals surface area (Å²) >= 11 is 0. The van der Waals surface area contributed by atoms with Gasteiger partial charge in [-0.05, 0) is 82.6 Å². The molecule has 0 fully saturated rings. The number of ether oxygens (including phenoxy) is 2. The first-order chi connectivity index (χ1) is 29.8. The summed E-state index contributed by atoms with van der Waals surface area (Å²) in [7, 11) is 0.989. The maximum Gasteiger partial charge on any atom is 0.306 e. The molecular formula is C50H78NO10P. The number of allylic oxidation sites excluding steroid dienone is 17. The predicted molar refractivity (Wildman–Crippen MR) is 249 cm³/mol. The van der Waals surface area contributed by atoms with E-state index < -0.39 is 38.6 Å². The smallest absolute Gasteiger partial charge is 0.306 e. The van der Waals surface area contributed by atoms with Crippen LogP contribution in [-0.2, 0) is 37.5 Å². The molecule has 0 aromatic heterocycles. The summed E-state index contributed by atoms with van der Waals surface area (Å²) in [4.78, 5) is 50.1. The SMILES string of the molecule is CC/C=C\C/C=C\C/C=C\C/C=C\C/C=C\C/C=C\CCC(=O)O[C@H](COC(=O)CCC/C=C\C[C@H]1C=CC(=O)[C@@H]1/C=C/[C@@H](O)CCCCC)COP(=O)([O-])OCC[N+](C)(C)C. The fraction of sp³-hybridized carbons (Fsp3) is 0.580. The number of aliphatic hydroxyl groups excluding tert-OH is 1. The van der Waals surface area contributed by atoms with Crippen molar-refractivity contribution in [2.75, 3.05) is 47.5 Å². The number of carbonyl (C=O) groups is 3. The monoisotopic (exact) mass is 884 g/mol. The maximum atomic E-state index is 12.7. The summed E-state index contributed by atoms with van der Waals surface area (Å²) in [6.07, 6.45) is 46.2. The molecular weight excluding hydrogens is 806 g/mol. The number of esters is 2. The highest BCUT2D eigenvalue weighted by Gasteiger charge is 2.27. The number of hydrogen-bond acceptors (Lipinski definition) is 10. The van der Waals surface area contributed by atoms with Crippen LogP contribution in [0.5, 0.6) is 0 Å². The minimum Gasteiger partial charge on any atom is -0.756 e. The van der Waals surface area contributed by atoms with Gasteiger partial charge in [0, 0.05) is 18.8 Å². The number of carbonyl (C=O) groups excluding carboxylic acids is 3. The molecule has 0 saturated carbocycles. The molecule has 62 heavy (non-hydrogen) atoms.